The van der Waals surface area contributed by atoms with Gasteiger partial charge >= 0.3 is 0 Å². The lowest BCUT2D eigenvalue weighted by Gasteiger charge is -2.21. The van der Waals surface area contributed by atoms with Crippen molar-refractivity contribution in [3.63, 3.8) is 0 Å². The topological polar surface area (TPSA) is 49.4 Å². The van der Waals surface area contributed by atoms with Gasteiger partial charge in [-0.3, -0.25) is 9.59 Å². The number of nitrogens with zero attached hydrogens (tertiary/aromatic N) is 1. The zero-order valence-corrected chi connectivity index (χ0v) is 11.8. The third-order valence-electron chi connectivity index (χ3n) is 4.19. The average Bonchev–Trinajstić information content (AvgIpc) is 3.07. The minimum atomic E-state index is -0.0302. The molecule has 0 aliphatic carbocycles. The molecule has 4 heteroatoms. The molecule has 0 bridgehead atoms. The van der Waals surface area contributed by atoms with E-state index in [2.05, 4.69) is 5.32 Å². The number of carbonyl (C=O) groups is 2. The molecule has 2 heterocycles. The molecule has 106 valence electrons. The van der Waals surface area contributed by atoms with Crippen LogP contribution in [-0.4, -0.2) is 30.8 Å². The highest BCUT2D eigenvalue weighted by Crippen LogP contribution is 2.32. The van der Waals surface area contributed by atoms with Gasteiger partial charge in [-0.25, -0.2) is 0 Å². The smallest absolute Gasteiger partial charge is 0.244 e. The predicted octanol–water partition coefficient (Wildman–Crippen LogP) is 1.46. The number of Topliss-reactive ketones (excluding diaryl/α,β-unsaturated/α-hetero) is 1. The number of fused-ring (bicyclic) bond motifs is 1. The summed E-state index contributed by atoms with van der Waals surface area (Å²) in [6.45, 7) is 3.28. The fourth-order valence-electron chi connectivity index (χ4n) is 3.25. The highest BCUT2D eigenvalue weighted by Gasteiger charge is 2.32. The lowest BCUT2D eigenvalue weighted by Crippen LogP contribution is -2.42. The van der Waals surface area contributed by atoms with Crippen molar-refractivity contribution in [3.8, 4) is 0 Å². The minimum absolute atomic E-state index is 0.0302. The van der Waals surface area contributed by atoms with Crippen molar-refractivity contribution < 1.29 is 9.59 Å². The van der Waals surface area contributed by atoms with E-state index in [-0.39, 0.29) is 17.7 Å². The molecule has 2 aliphatic rings. The van der Waals surface area contributed by atoms with E-state index in [0.717, 1.165) is 43.6 Å². The van der Waals surface area contributed by atoms with Gasteiger partial charge in [0.2, 0.25) is 5.91 Å². The second-order valence-electron chi connectivity index (χ2n) is 5.68. The quantitative estimate of drug-likeness (QED) is 0.906. The molecule has 0 aromatic heterocycles. The third kappa shape index (κ3) is 2.36. The van der Waals surface area contributed by atoms with Gasteiger partial charge in [-0.1, -0.05) is 12.1 Å². The standard InChI is InChI=1S/C16H20N2O2/c1-11(19)10-12-4-2-6-15-13(12)7-9-18(15)16(20)14-5-3-8-17-14/h2,4,6,14,17H,3,5,7-10H2,1H3/t14-/m0/s1. The normalized spacial score (nSPS) is 21.1. The Hall–Kier alpha value is -1.68. The van der Waals surface area contributed by atoms with E-state index in [0.29, 0.717) is 6.42 Å². The van der Waals surface area contributed by atoms with Crippen LogP contribution in [0.1, 0.15) is 30.9 Å². The van der Waals surface area contributed by atoms with Gasteiger partial charge in [0.25, 0.3) is 0 Å². The Morgan fingerprint density at radius 2 is 2.25 bits per heavy atom. The summed E-state index contributed by atoms with van der Waals surface area (Å²) in [6, 6.07) is 5.92. The SMILES string of the molecule is CC(=O)Cc1cccc2c1CCN2C(=O)[C@@H]1CCCN1. The van der Waals surface area contributed by atoms with Crippen molar-refractivity contribution >= 4 is 17.4 Å². The van der Waals surface area contributed by atoms with Crippen molar-refractivity contribution in [3.05, 3.63) is 29.3 Å². The third-order valence-corrected chi connectivity index (χ3v) is 4.19. The number of nitrogens with one attached hydrogen (secondary N) is 1. The number of anilines is 1. The van der Waals surface area contributed by atoms with Crippen LogP contribution in [0.15, 0.2) is 18.2 Å². The molecule has 1 saturated heterocycles. The van der Waals surface area contributed by atoms with Crippen LogP contribution < -0.4 is 10.2 Å². The number of hydrogen-bond donors (Lipinski definition) is 1. The molecule has 20 heavy (non-hydrogen) atoms. The molecular weight excluding hydrogens is 252 g/mol. The van der Waals surface area contributed by atoms with Gasteiger partial charge in [0, 0.05) is 18.7 Å². The summed E-state index contributed by atoms with van der Waals surface area (Å²) in [6.07, 6.45) is 3.32. The Morgan fingerprint density at radius 3 is 2.95 bits per heavy atom. The zero-order chi connectivity index (χ0) is 14.1. The number of carbonyl (C=O) groups excluding carboxylic acids is 2. The summed E-state index contributed by atoms with van der Waals surface area (Å²) < 4.78 is 0. The minimum Gasteiger partial charge on any atom is -0.310 e. The molecule has 4 nitrogen and oxygen atoms in total. The number of rotatable bonds is 3. The van der Waals surface area contributed by atoms with Crippen LogP contribution in [0, 0.1) is 0 Å². The molecule has 3 rings (SSSR count). The maximum absolute atomic E-state index is 12.5. The Morgan fingerprint density at radius 1 is 1.40 bits per heavy atom. The van der Waals surface area contributed by atoms with Crippen LogP contribution in [0.3, 0.4) is 0 Å². The van der Waals surface area contributed by atoms with Crippen molar-refractivity contribution in [2.45, 2.75) is 38.6 Å². The molecule has 1 amide bonds. The van der Waals surface area contributed by atoms with Crippen molar-refractivity contribution in [1.82, 2.24) is 5.32 Å². The fraction of sp³-hybridized carbons (Fsp3) is 0.500. The molecule has 0 spiro atoms. The Kier molecular flexibility index (Phi) is 3.57. The highest BCUT2D eigenvalue weighted by molar-refractivity contribution is 5.99. The van der Waals surface area contributed by atoms with E-state index in [9.17, 15) is 9.59 Å². The van der Waals surface area contributed by atoms with E-state index in [4.69, 9.17) is 0 Å². The van der Waals surface area contributed by atoms with Crippen LogP contribution in [0.25, 0.3) is 0 Å². The first kappa shape index (κ1) is 13.3. The van der Waals surface area contributed by atoms with Gasteiger partial charge in [-0.2, -0.15) is 0 Å². The average molecular weight is 272 g/mol. The molecule has 1 N–H and O–H groups in total. The van der Waals surface area contributed by atoms with Gasteiger partial charge in [0.05, 0.1) is 6.04 Å². The number of amides is 1. The number of ketones is 1. The van der Waals surface area contributed by atoms with E-state index in [1.54, 1.807) is 6.92 Å². The van der Waals surface area contributed by atoms with Crippen LogP contribution in [0.5, 0.6) is 0 Å². The van der Waals surface area contributed by atoms with Gasteiger partial charge in [-0.15, -0.1) is 0 Å². The summed E-state index contributed by atoms with van der Waals surface area (Å²) >= 11 is 0. The highest BCUT2D eigenvalue weighted by atomic mass is 16.2. The predicted molar refractivity (Wildman–Crippen MR) is 77.9 cm³/mol. The van der Waals surface area contributed by atoms with Crippen molar-refractivity contribution in [2.24, 2.45) is 0 Å². The first-order valence-corrected chi connectivity index (χ1v) is 7.32. The Balaban J connectivity index is 1.86. The number of hydrogen-bond acceptors (Lipinski definition) is 3. The van der Waals surface area contributed by atoms with Gasteiger partial charge in [-0.05, 0) is 49.9 Å². The van der Waals surface area contributed by atoms with Crippen molar-refractivity contribution in [1.29, 1.82) is 0 Å². The van der Waals surface area contributed by atoms with E-state index >= 15 is 0 Å². The van der Waals surface area contributed by atoms with Crippen LogP contribution in [-0.2, 0) is 22.4 Å². The summed E-state index contributed by atoms with van der Waals surface area (Å²) in [4.78, 5) is 25.8. The first-order chi connectivity index (χ1) is 9.66. The second-order valence-corrected chi connectivity index (χ2v) is 5.68. The molecule has 0 radical (unpaired) electrons. The molecule has 1 atom stereocenters. The molecule has 0 saturated carbocycles. The second kappa shape index (κ2) is 5.37. The largest absolute Gasteiger partial charge is 0.310 e. The zero-order valence-electron chi connectivity index (χ0n) is 11.8. The lowest BCUT2D eigenvalue weighted by atomic mass is 10.0. The fourth-order valence-corrected chi connectivity index (χ4v) is 3.25. The molecule has 1 aromatic carbocycles. The summed E-state index contributed by atoms with van der Waals surface area (Å²) in [7, 11) is 0. The van der Waals surface area contributed by atoms with Gasteiger partial charge in [0.1, 0.15) is 5.78 Å². The van der Waals surface area contributed by atoms with Crippen LogP contribution in [0.4, 0.5) is 5.69 Å². The molecule has 2 aliphatic heterocycles. The van der Waals surface area contributed by atoms with Gasteiger partial charge < -0.3 is 10.2 Å². The first-order valence-electron chi connectivity index (χ1n) is 7.32. The Bertz CT molecular complexity index is 547. The van der Waals surface area contributed by atoms with Crippen LogP contribution in [0.2, 0.25) is 0 Å². The van der Waals surface area contributed by atoms with Gasteiger partial charge in [0.15, 0.2) is 0 Å². The van der Waals surface area contributed by atoms with E-state index in [1.165, 1.54) is 5.56 Å². The monoisotopic (exact) mass is 272 g/mol. The maximum atomic E-state index is 12.5. The summed E-state index contributed by atoms with van der Waals surface area (Å²) in [5, 5.41) is 3.27. The molecular formula is C16H20N2O2. The lowest BCUT2D eigenvalue weighted by molar-refractivity contribution is -0.120. The Labute approximate surface area is 119 Å². The van der Waals surface area contributed by atoms with Crippen LogP contribution >= 0.6 is 0 Å². The van der Waals surface area contributed by atoms with E-state index in [1.807, 2.05) is 23.1 Å². The molecule has 0 unspecified atom stereocenters. The maximum Gasteiger partial charge on any atom is 0.244 e. The number of benzene rings is 1. The van der Waals surface area contributed by atoms with Crippen molar-refractivity contribution in [2.75, 3.05) is 18.0 Å². The molecule has 1 fully saturated rings. The summed E-state index contributed by atoms with van der Waals surface area (Å²) in [5.41, 5.74) is 3.25. The summed E-state index contributed by atoms with van der Waals surface area (Å²) in [5.74, 6) is 0.349. The molecule has 1 aromatic rings. The van der Waals surface area contributed by atoms with E-state index < -0.39 is 0 Å².